The van der Waals surface area contributed by atoms with Crippen LogP contribution in [0.2, 0.25) is 0 Å². The van der Waals surface area contributed by atoms with Crippen molar-refractivity contribution in [2.45, 2.75) is 48.4 Å². The Morgan fingerprint density at radius 2 is 2.09 bits per heavy atom. The number of pyridine rings is 1. The van der Waals surface area contributed by atoms with Gasteiger partial charge in [-0.2, -0.15) is 5.10 Å². The predicted octanol–water partition coefficient (Wildman–Crippen LogP) is 3.16. The lowest BCUT2D eigenvalue weighted by Gasteiger charge is -2.26. The van der Waals surface area contributed by atoms with E-state index in [1.54, 1.807) is 30.1 Å². The molecule has 2 fully saturated rings. The molecule has 9 nitrogen and oxygen atoms in total. The van der Waals surface area contributed by atoms with Gasteiger partial charge in [-0.3, -0.25) is 13.7 Å². The number of thiazole rings is 1. The molecule has 2 aliphatic rings. The van der Waals surface area contributed by atoms with Crippen LogP contribution in [0.1, 0.15) is 38.1 Å². The quantitative estimate of drug-likeness (QED) is 0.533. The van der Waals surface area contributed by atoms with E-state index in [2.05, 4.69) is 20.4 Å². The topological polar surface area (TPSA) is 108 Å². The summed E-state index contributed by atoms with van der Waals surface area (Å²) < 4.78 is 24.8. The highest BCUT2D eigenvalue weighted by Crippen LogP contribution is 2.32. The van der Waals surface area contributed by atoms with Crippen LogP contribution >= 0.6 is 11.3 Å². The lowest BCUT2D eigenvalue weighted by molar-refractivity contribution is -0.120. The fourth-order valence-corrected chi connectivity index (χ4v) is 5.95. The molecule has 4 heterocycles. The van der Waals surface area contributed by atoms with Crippen molar-refractivity contribution in [3.05, 3.63) is 24.4 Å². The molecule has 170 valence electrons. The second-order valence-corrected chi connectivity index (χ2v) is 10.8. The average Bonchev–Trinajstić information content (AvgIpc) is 3.41. The van der Waals surface area contributed by atoms with Crippen molar-refractivity contribution in [3.63, 3.8) is 0 Å². The van der Waals surface area contributed by atoms with Crippen LogP contribution in [0.4, 0.5) is 5.13 Å². The van der Waals surface area contributed by atoms with Gasteiger partial charge >= 0.3 is 0 Å². The molecule has 3 aromatic heterocycles. The van der Waals surface area contributed by atoms with Gasteiger partial charge in [0.15, 0.2) is 5.13 Å². The lowest BCUT2D eigenvalue weighted by atomic mass is 9.92. The first-order chi connectivity index (χ1) is 15.6. The number of amides is 1. The Hall–Kier alpha value is -2.37. The zero-order valence-corrected chi connectivity index (χ0v) is 19.4. The molecule has 3 aromatic rings. The number of nitrogens with one attached hydrogen (secondary N) is 1. The first-order valence-electron chi connectivity index (χ1n) is 10.8. The van der Waals surface area contributed by atoms with E-state index >= 15 is 0 Å². The Bertz CT molecular complexity index is 1140. The number of nitrogens with zero attached hydrogens (tertiary/aromatic N) is 4. The summed E-state index contributed by atoms with van der Waals surface area (Å²) in [5.74, 6) is 0.681. The zero-order chi connectivity index (χ0) is 22.1. The third-order valence-electron chi connectivity index (χ3n) is 5.81. The van der Waals surface area contributed by atoms with Crippen molar-refractivity contribution in [1.82, 2.24) is 19.7 Å². The molecule has 0 bridgehead atoms. The van der Waals surface area contributed by atoms with Crippen LogP contribution < -0.4 is 10.1 Å². The number of rotatable bonds is 8. The number of aromatic nitrogens is 4. The van der Waals surface area contributed by atoms with E-state index in [4.69, 9.17) is 9.47 Å². The van der Waals surface area contributed by atoms with E-state index in [1.165, 1.54) is 11.3 Å². The normalized spacial score (nSPS) is 19.0. The highest BCUT2D eigenvalue weighted by molar-refractivity contribution is 7.85. The highest BCUT2D eigenvalue weighted by Gasteiger charge is 2.32. The van der Waals surface area contributed by atoms with Gasteiger partial charge in [0, 0.05) is 30.7 Å². The third kappa shape index (κ3) is 4.69. The monoisotopic (exact) mass is 475 g/mol. The van der Waals surface area contributed by atoms with Gasteiger partial charge in [-0.05, 0) is 50.2 Å². The Morgan fingerprint density at radius 1 is 1.28 bits per heavy atom. The predicted molar refractivity (Wildman–Crippen MR) is 121 cm³/mol. The van der Waals surface area contributed by atoms with Gasteiger partial charge in [-0.25, -0.2) is 9.97 Å². The Morgan fingerprint density at radius 3 is 2.84 bits per heavy atom. The molecule has 1 N–H and O–H groups in total. The second-order valence-electron chi connectivity index (χ2n) is 8.12. The Labute approximate surface area is 192 Å². The SMILES string of the molecule is COc1ccc2nc(NC(=O)[C@H](CC3CCOCC3)n3ccc(S(=O)C4CC4)n3)sc2n1. The maximum atomic E-state index is 13.4. The molecule has 1 saturated heterocycles. The van der Waals surface area contributed by atoms with Crippen LogP contribution in [0, 0.1) is 5.92 Å². The van der Waals surface area contributed by atoms with Crippen molar-refractivity contribution in [3.8, 4) is 5.88 Å². The summed E-state index contributed by atoms with van der Waals surface area (Å²) >= 11 is 1.30. The molecule has 11 heteroatoms. The Kier molecular flexibility index (Phi) is 6.20. The van der Waals surface area contributed by atoms with Crippen LogP contribution in [-0.4, -0.2) is 55.4 Å². The van der Waals surface area contributed by atoms with E-state index in [9.17, 15) is 9.00 Å². The zero-order valence-electron chi connectivity index (χ0n) is 17.7. The molecule has 5 rings (SSSR count). The highest BCUT2D eigenvalue weighted by atomic mass is 32.2. The minimum absolute atomic E-state index is 0.186. The number of hydrogen-bond donors (Lipinski definition) is 1. The van der Waals surface area contributed by atoms with E-state index in [-0.39, 0.29) is 11.2 Å². The molecule has 1 aliphatic carbocycles. The average molecular weight is 476 g/mol. The van der Waals surface area contributed by atoms with Crippen molar-refractivity contribution < 1.29 is 18.5 Å². The molecule has 0 spiro atoms. The van der Waals surface area contributed by atoms with E-state index in [0.29, 0.717) is 51.9 Å². The Balaban J connectivity index is 1.37. The molecule has 0 radical (unpaired) electrons. The van der Waals surface area contributed by atoms with Gasteiger partial charge in [0.2, 0.25) is 5.88 Å². The molecule has 1 saturated carbocycles. The minimum Gasteiger partial charge on any atom is -0.481 e. The summed E-state index contributed by atoms with van der Waals surface area (Å²) in [7, 11) is 0.457. The molecule has 1 unspecified atom stereocenters. The molecule has 2 atom stereocenters. The number of anilines is 1. The van der Waals surface area contributed by atoms with E-state index in [1.807, 2.05) is 6.07 Å². The summed E-state index contributed by atoms with van der Waals surface area (Å²) in [4.78, 5) is 22.9. The number of hydrogen-bond acceptors (Lipinski definition) is 8. The summed E-state index contributed by atoms with van der Waals surface area (Å²) in [6, 6.07) is 4.82. The largest absolute Gasteiger partial charge is 0.481 e. The summed E-state index contributed by atoms with van der Waals surface area (Å²) in [6.07, 6.45) is 6.19. The fourth-order valence-electron chi connectivity index (χ4n) is 3.84. The molecule has 1 aliphatic heterocycles. The smallest absolute Gasteiger partial charge is 0.251 e. The number of fused-ring (bicyclic) bond motifs is 1. The first kappa shape index (κ1) is 21.5. The number of carbonyl (C=O) groups is 1. The van der Waals surface area contributed by atoms with Crippen LogP contribution in [-0.2, 0) is 20.3 Å². The number of ether oxygens (including phenoxy) is 2. The second kappa shape index (κ2) is 9.24. The van der Waals surface area contributed by atoms with Gasteiger partial charge in [0.05, 0.1) is 17.9 Å². The van der Waals surface area contributed by atoms with Crippen LogP contribution in [0.25, 0.3) is 10.3 Å². The van der Waals surface area contributed by atoms with Crippen molar-refractivity contribution in [2.75, 3.05) is 25.6 Å². The summed E-state index contributed by atoms with van der Waals surface area (Å²) in [5, 5.41) is 8.73. The van der Waals surface area contributed by atoms with Crippen LogP contribution in [0.5, 0.6) is 5.88 Å². The van der Waals surface area contributed by atoms with Crippen molar-refractivity contribution in [1.29, 1.82) is 0 Å². The maximum absolute atomic E-state index is 13.4. The lowest BCUT2D eigenvalue weighted by Crippen LogP contribution is -2.30. The summed E-state index contributed by atoms with van der Waals surface area (Å²) in [6.45, 7) is 1.42. The van der Waals surface area contributed by atoms with Crippen molar-refractivity contribution >= 4 is 43.5 Å². The number of carbonyl (C=O) groups excluding carboxylic acids is 1. The van der Waals surface area contributed by atoms with Crippen LogP contribution in [0.3, 0.4) is 0 Å². The molecule has 1 amide bonds. The van der Waals surface area contributed by atoms with Gasteiger partial charge in [0.1, 0.15) is 21.4 Å². The molecular formula is C21H25N5O4S2. The van der Waals surface area contributed by atoms with E-state index in [0.717, 1.165) is 25.7 Å². The molecule has 32 heavy (non-hydrogen) atoms. The fraction of sp³-hybridized carbons (Fsp3) is 0.524. The van der Waals surface area contributed by atoms with Gasteiger partial charge < -0.3 is 14.8 Å². The first-order valence-corrected chi connectivity index (χ1v) is 12.8. The van der Waals surface area contributed by atoms with Crippen molar-refractivity contribution in [2.24, 2.45) is 5.92 Å². The molecular weight excluding hydrogens is 450 g/mol. The van der Waals surface area contributed by atoms with E-state index < -0.39 is 16.8 Å². The molecule has 0 aromatic carbocycles. The van der Waals surface area contributed by atoms with Gasteiger partial charge in [-0.1, -0.05) is 11.3 Å². The maximum Gasteiger partial charge on any atom is 0.251 e. The number of methoxy groups -OCH3 is 1. The van der Waals surface area contributed by atoms with Gasteiger partial charge in [0.25, 0.3) is 5.91 Å². The minimum atomic E-state index is -1.11. The summed E-state index contributed by atoms with van der Waals surface area (Å²) in [5.41, 5.74) is 0.702. The van der Waals surface area contributed by atoms with Gasteiger partial charge in [-0.15, -0.1) is 0 Å². The standard InChI is InChI=1S/C21H25N5O4S2/c1-29-17-5-4-15-20(23-17)31-21(22-15)24-19(27)16(12-13-7-10-30-11-8-13)26-9-6-18(25-26)32(28)14-2-3-14/h4-6,9,13-14,16H,2-3,7-8,10-12H2,1H3,(H,22,24,27)/t16-,32?/m0/s1. The third-order valence-corrected chi connectivity index (χ3v) is 8.39. The van der Waals surface area contributed by atoms with Crippen LogP contribution in [0.15, 0.2) is 29.4 Å².